The minimum atomic E-state index is -0.322. The van der Waals surface area contributed by atoms with Gasteiger partial charge in [0.2, 0.25) is 5.91 Å². The number of benzene rings is 2. The summed E-state index contributed by atoms with van der Waals surface area (Å²) in [7, 11) is 1.59. The molecular formula is C20H18FN3O2. The predicted molar refractivity (Wildman–Crippen MR) is 97.4 cm³/mol. The van der Waals surface area contributed by atoms with E-state index in [0.29, 0.717) is 11.3 Å². The van der Waals surface area contributed by atoms with Gasteiger partial charge in [0, 0.05) is 25.0 Å². The number of imidazole rings is 1. The first kappa shape index (κ1) is 17.4. The Morgan fingerprint density at radius 2 is 2.19 bits per heavy atom. The molecule has 26 heavy (non-hydrogen) atoms. The summed E-state index contributed by atoms with van der Waals surface area (Å²) in [4.78, 5) is 16.0. The summed E-state index contributed by atoms with van der Waals surface area (Å²) in [5.74, 6) is 0.0922. The highest BCUT2D eigenvalue weighted by Crippen LogP contribution is 2.24. The van der Waals surface area contributed by atoms with E-state index in [1.807, 2.05) is 29.0 Å². The standard InChI is InChI=1S/C20H18FN3O2/c1-26-19-12-15(5-7-18(19)24-10-9-22-14-24)6-8-20(25)23-13-16-3-2-4-17(21)11-16/h2-12,14H,13H2,1H3,(H,23,25). The van der Waals surface area contributed by atoms with Crippen molar-refractivity contribution in [2.24, 2.45) is 0 Å². The van der Waals surface area contributed by atoms with Crippen LogP contribution in [0.5, 0.6) is 5.75 Å². The monoisotopic (exact) mass is 351 g/mol. The van der Waals surface area contributed by atoms with Gasteiger partial charge in [-0.2, -0.15) is 0 Å². The zero-order valence-corrected chi connectivity index (χ0v) is 14.2. The summed E-state index contributed by atoms with van der Waals surface area (Å²) < 4.78 is 20.4. The molecule has 0 aliphatic heterocycles. The SMILES string of the molecule is COc1cc(C=CC(=O)NCc2cccc(F)c2)ccc1-n1ccnc1. The van der Waals surface area contributed by atoms with Gasteiger partial charge < -0.3 is 14.6 Å². The van der Waals surface area contributed by atoms with E-state index in [4.69, 9.17) is 4.74 Å². The number of nitrogens with zero attached hydrogens (tertiary/aromatic N) is 2. The molecule has 132 valence electrons. The molecule has 1 amide bonds. The molecule has 2 aromatic carbocycles. The number of aromatic nitrogens is 2. The van der Waals surface area contributed by atoms with Crippen LogP contribution in [-0.2, 0) is 11.3 Å². The van der Waals surface area contributed by atoms with E-state index < -0.39 is 0 Å². The fourth-order valence-electron chi connectivity index (χ4n) is 2.48. The molecule has 1 aromatic heterocycles. The van der Waals surface area contributed by atoms with Crippen molar-refractivity contribution in [3.8, 4) is 11.4 Å². The lowest BCUT2D eigenvalue weighted by atomic mass is 10.1. The number of carbonyl (C=O) groups is 1. The first-order chi connectivity index (χ1) is 12.7. The summed E-state index contributed by atoms with van der Waals surface area (Å²) in [6.07, 6.45) is 8.34. The van der Waals surface area contributed by atoms with Crippen molar-refractivity contribution in [2.75, 3.05) is 7.11 Å². The van der Waals surface area contributed by atoms with Crippen LogP contribution in [0.2, 0.25) is 0 Å². The Morgan fingerprint density at radius 1 is 1.31 bits per heavy atom. The summed E-state index contributed by atoms with van der Waals surface area (Å²) >= 11 is 0. The second kappa shape index (κ2) is 8.11. The number of hydrogen-bond acceptors (Lipinski definition) is 3. The number of rotatable bonds is 6. The second-order valence-electron chi connectivity index (χ2n) is 5.58. The maximum Gasteiger partial charge on any atom is 0.244 e. The summed E-state index contributed by atoms with van der Waals surface area (Å²) in [5, 5.41) is 2.72. The van der Waals surface area contributed by atoms with Gasteiger partial charge in [0.1, 0.15) is 11.6 Å². The van der Waals surface area contributed by atoms with E-state index in [0.717, 1.165) is 11.3 Å². The van der Waals surface area contributed by atoms with Gasteiger partial charge >= 0.3 is 0 Å². The Morgan fingerprint density at radius 3 is 2.92 bits per heavy atom. The van der Waals surface area contributed by atoms with E-state index in [1.165, 1.54) is 18.2 Å². The van der Waals surface area contributed by atoms with Gasteiger partial charge in [0.05, 0.1) is 19.1 Å². The predicted octanol–water partition coefficient (Wildman–Crippen LogP) is 3.35. The molecule has 0 unspecified atom stereocenters. The maximum absolute atomic E-state index is 13.1. The van der Waals surface area contributed by atoms with Crippen molar-refractivity contribution in [1.82, 2.24) is 14.9 Å². The van der Waals surface area contributed by atoms with Crippen molar-refractivity contribution in [3.63, 3.8) is 0 Å². The molecule has 0 aliphatic carbocycles. The summed E-state index contributed by atoms with van der Waals surface area (Å²) in [6.45, 7) is 0.268. The van der Waals surface area contributed by atoms with Gasteiger partial charge in [0.25, 0.3) is 0 Å². The van der Waals surface area contributed by atoms with Crippen LogP contribution in [0.3, 0.4) is 0 Å². The topological polar surface area (TPSA) is 56.1 Å². The average molecular weight is 351 g/mol. The minimum Gasteiger partial charge on any atom is -0.495 e. The minimum absolute atomic E-state index is 0.257. The lowest BCUT2D eigenvalue weighted by molar-refractivity contribution is -0.116. The molecule has 0 fully saturated rings. The molecular weight excluding hydrogens is 333 g/mol. The van der Waals surface area contributed by atoms with E-state index in [1.54, 1.807) is 37.8 Å². The van der Waals surface area contributed by atoms with E-state index in [9.17, 15) is 9.18 Å². The number of amides is 1. The molecule has 6 heteroatoms. The zero-order chi connectivity index (χ0) is 18.4. The number of hydrogen-bond donors (Lipinski definition) is 1. The van der Waals surface area contributed by atoms with Crippen LogP contribution >= 0.6 is 0 Å². The number of methoxy groups -OCH3 is 1. The molecule has 0 spiro atoms. The molecule has 1 heterocycles. The summed E-state index contributed by atoms with van der Waals surface area (Å²) in [5.41, 5.74) is 2.39. The number of nitrogens with one attached hydrogen (secondary N) is 1. The van der Waals surface area contributed by atoms with Gasteiger partial charge in [0.15, 0.2) is 0 Å². The van der Waals surface area contributed by atoms with Crippen LogP contribution < -0.4 is 10.1 Å². The van der Waals surface area contributed by atoms with E-state index >= 15 is 0 Å². The fourth-order valence-corrected chi connectivity index (χ4v) is 2.48. The van der Waals surface area contributed by atoms with Crippen molar-refractivity contribution in [3.05, 3.63) is 84.2 Å². The third-order valence-corrected chi connectivity index (χ3v) is 3.77. The number of halogens is 1. The largest absolute Gasteiger partial charge is 0.495 e. The van der Waals surface area contributed by atoms with Gasteiger partial charge in [-0.25, -0.2) is 9.37 Å². The highest BCUT2D eigenvalue weighted by Gasteiger charge is 2.05. The highest BCUT2D eigenvalue weighted by molar-refractivity contribution is 5.91. The Bertz CT molecular complexity index is 921. The van der Waals surface area contributed by atoms with E-state index in [-0.39, 0.29) is 18.3 Å². The van der Waals surface area contributed by atoms with E-state index in [2.05, 4.69) is 10.3 Å². The van der Waals surface area contributed by atoms with Crippen molar-refractivity contribution < 1.29 is 13.9 Å². The third kappa shape index (κ3) is 4.36. The van der Waals surface area contributed by atoms with Gasteiger partial charge in [-0.15, -0.1) is 0 Å². The molecule has 0 saturated heterocycles. The highest BCUT2D eigenvalue weighted by atomic mass is 19.1. The first-order valence-corrected chi connectivity index (χ1v) is 8.02. The first-order valence-electron chi connectivity index (χ1n) is 8.02. The molecule has 3 rings (SSSR count). The lowest BCUT2D eigenvalue weighted by Gasteiger charge is -2.09. The molecule has 0 bridgehead atoms. The molecule has 1 N–H and O–H groups in total. The van der Waals surface area contributed by atoms with Crippen LogP contribution in [0.1, 0.15) is 11.1 Å². The average Bonchev–Trinajstić information content (AvgIpc) is 3.19. The van der Waals surface area contributed by atoms with Gasteiger partial charge in [-0.3, -0.25) is 4.79 Å². The smallest absolute Gasteiger partial charge is 0.244 e. The molecule has 0 atom stereocenters. The molecule has 0 radical (unpaired) electrons. The van der Waals surface area contributed by atoms with Crippen LogP contribution in [0.4, 0.5) is 4.39 Å². The summed E-state index contributed by atoms with van der Waals surface area (Å²) in [6, 6.07) is 11.7. The van der Waals surface area contributed by atoms with Crippen LogP contribution in [0.15, 0.2) is 67.3 Å². The third-order valence-electron chi connectivity index (χ3n) is 3.77. The second-order valence-corrected chi connectivity index (χ2v) is 5.58. The van der Waals surface area contributed by atoms with Gasteiger partial charge in [-0.1, -0.05) is 18.2 Å². The fraction of sp³-hybridized carbons (Fsp3) is 0.100. The van der Waals surface area contributed by atoms with Crippen LogP contribution in [-0.4, -0.2) is 22.6 Å². The van der Waals surface area contributed by atoms with Crippen LogP contribution in [0, 0.1) is 5.82 Å². The Kier molecular flexibility index (Phi) is 5.43. The number of ether oxygens (including phenoxy) is 1. The molecule has 5 nitrogen and oxygen atoms in total. The Labute approximate surface area is 150 Å². The molecule has 3 aromatic rings. The Hall–Kier alpha value is -3.41. The quantitative estimate of drug-likeness (QED) is 0.693. The normalized spacial score (nSPS) is 10.8. The zero-order valence-electron chi connectivity index (χ0n) is 14.2. The van der Waals surface area contributed by atoms with Gasteiger partial charge in [-0.05, 0) is 41.5 Å². The molecule has 0 saturated carbocycles. The van der Waals surface area contributed by atoms with Crippen LogP contribution in [0.25, 0.3) is 11.8 Å². The lowest BCUT2D eigenvalue weighted by Crippen LogP contribution is -2.20. The maximum atomic E-state index is 13.1. The Balaban J connectivity index is 1.65. The number of carbonyl (C=O) groups excluding carboxylic acids is 1. The van der Waals surface area contributed by atoms with Crippen molar-refractivity contribution in [2.45, 2.75) is 6.54 Å². The van der Waals surface area contributed by atoms with Crippen molar-refractivity contribution in [1.29, 1.82) is 0 Å². The molecule has 0 aliphatic rings. The van der Waals surface area contributed by atoms with Crippen molar-refractivity contribution >= 4 is 12.0 Å².